The summed E-state index contributed by atoms with van der Waals surface area (Å²) in [5.74, 6) is -6.25. The zero-order chi connectivity index (χ0) is 47.6. The number of hydrazine groups is 2. The van der Waals surface area contributed by atoms with E-state index in [1.54, 1.807) is 0 Å². The van der Waals surface area contributed by atoms with E-state index in [0.717, 1.165) is 23.3 Å². The van der Waals surface area contributed by atoms with Crippen molar-refractivity contribution in [3.63, 3.8) is 0 Å². The first-order chi connectivity index (χ1) is 29.5. The van der Waals surface area contributed by atoms with E-state index in [2.05, 4.69) is 10.9 Å². The Bertz CT molecular complexity index is 2520. The van der Waals surface area contributed by atoms with Crippen molar-refractivity contribution in [1.82, 2.24) is 20.9 Å². The topological polar surface area (TPSA) is 190 Å². The molecule has 0 radical (unpaired) electrons. The van der Waals surface area contributed by atoms with E-state index in [0.29, 0.717) is 32.3 Å². The standard InChI is InChI=1S/C51H58N4O9/c1-48(2,3)35-21-27(22-36(42(35)59)49(4,5)6)13-19-39(56)52-54-44(61)31-17-15-29-25-33(31)46(63)55(47(64)34-26-30(41(29)58)16-18-32(34)45(54)62)53-40(57)20-14-28-23-37(50(7,8)9)43(60)38(24-28)51(10,11)12/h15-18,21-26,59-60H,13-14,19-20H2,1-12H3,(H,52,56)(H,53,57). The number of phenols is 2. The molecule has 0 saturated carbocycles. The van der Waals surface area contributed by atoms with E-state index in [1.807, 2.05) is 107 Å². The molecular weight excluding hydrogens is 813 g/mol. The van der Waals surface area contributed by atoms with Crippen LogP contribution in [0.1, 0.15) is 187 Å². The summed E-state index contributed by atoms with van der Waals surface area (Å²) in [6, 6.07) is 14.5. The average Bonchev–Trinajstić information content (AvgIpc) is 3.19. The zero-order valence-electron chi connectivity index (χ0n) is 38.7. The number of nitrogens with one attached hydrogen (secondary N) is 2. The summed E-state index contributed by atoms with van der Waals surface area (Å²) in [7, 11) is 0. The second kappa shape index (κ2) is 16.5. The van der Waals surface area contributed by atoms with Gasteiger partial charge in [-0.15, -0.1) is 0 Å². The van der Waals surface area contributed by atoms with Crippen LogP contribution < -0.4 is 10.9 Å². The summed E-state index contributed by atoms with van der Waals surface area (Å²) in [6.45, 7) is 23.6. The Hall–Kier alpha value is -6.63. The van der Waals surface area contributed by atoms with Crippen LogP contribution in [-0.2, 0) is 44.1 Å². The van der Waals surface area contributed by atoms with Crippen molar-refractivity contribution >= 4 is 41.2 Å². The number of imide groups is 2. The molecule has 0 fully saturated rings. The Morgan fingerprint density at radius 2 is 0.734 bits per heavy atom. The van der Waals surface area contributed by atoms with E-state index in [4.69, 9.17) is 0 Å². The summed E-state index contributed by atoms with van der Waals surface area (Å²) >= 11 is 0. The van der Waals surface area contributed by atoms with Crippen molar-refractivity contribution < 1.29 is 43.8 Å². The van der Waals surface area contributed by atoms with Crippen molar-refractivity contribution in [2.24, 2.45) is 0 Å². The lowest BCUT2D eigenvalue weighted by atomic mass is 9.78. The number of aromatic hydroxyl groups is 2. The number of carbonyl (C=O) groups excluding carboxylic acids is 7. The molecule has 4 bridgehead atoms. The van der Waals surface area contributed by atoms with Gasteiger partial charge in [-0.25, -0.2) is 0 Å². The summed E-state index contributed by atoms with van der Waals surface area (Å²) in [5.41, 5.74) is 5.61. The Morgan fingerprint density at radius 1 is 0.453 bits per heavy atom. The van der Waals surface area contributed by atoms with Gasteiger partial charge in [0.1, 0.15) is 11.5 Å². The summed E-state index contributed by atoms with van der Waals surface area (Å²) in [4.78, 5) is 99.2. The molecular formula is C51H58N4O9. The molecule has 0 aliphatic carbocycles. The van der Waals surface area contributed by atoms with Crippen LogP contribution in [0.5, 0.6) is 11.5 Å². The van der Waals surface area contributed by atoms with Crippen LogP contribution >= 0.6 is 0 Å². The van der Waals surface area contributed by atoms with Crippen LogP contribution in [0, 0.1) is 0 Å². The highest BCUT2D eigenvalue weighted by Gasteiger charge is 2.40. The molecule has 4 aromatic carbocycles. The Balaban J connectivity index is 1.34. The van der Waals surface area contributed by atoms with Gasteiger partial charge in [-0.3, -0.25) is 44.4 Å². The largest absolute Gasteiger partial charge is 0.507 e. The molecule has 4 aromatic rings. The minimum Gasteiger partial charge on any atom is -0.507 e. The van der Waals surface area contributed by atoms with Gasteiger partial charge in [-0.1, -0.05) is 119 Å². The number of amides is 6. The quantitative estimate of drug-likeness (QED) is 0.127. The molecule has 13 nitrogen and oxygen atoms in total. The third-order valence-electron chi connectivity index (χ3n) is 11.6. The average molecular weight is 871 g/mol. The van der Waals surface area contributed by atoms with Crippen LogP contribution in [0.25, 0.3) is 0 Å². The maximum Gasteiger partial charge on any atom is 0.280 e. The van der Waals surface area contributed by atoms with Gasteiger partial charge in [-0.2, -0.15) is 10.0 Å². The lowest BCUT2D eigenvalue weighted by Gasteiger charge is -2.29. The molecule has 0 unspecified atom stereocenters. The minimum atomic E-state index is -1.15. The molecule has 336 valence electrons. The number of hydrogen-bond acceptors (Lipinski definition) is 9. The molecule has 6 amide bonds. The highest BCUT2D eigenvalue weighted by molar-refractivity contribution is 6.24. The number of phenolic OH excluding ortho intramolecular Hbond substituents is 2. The molecule has 2 heterocycles. The van der Waals surface area contributed by atoms with Crippen molar-refractivity contribution in [2.75, 3.05) is 0 Å². The highest BCUT2D eigenvalue weighted by Crippen LogP contribution is 2.41. The number of nitrogens with zero attached hydrogens (tertiary/aromatic N) is 2. The van der Waals surface area contributed by atoms with E-state index in [-0.39, 0.29) is 48.3 Å². The zero-order valence-corrected chi connectivity index (χ0v) is 38.7. The highest BCUT2D eigenvalue weighted by atomic mass is 16.3. The number of fused-ring (bicyclic) bond motifs is 4. The fourth-order valence-corrected chi connectivity index (χ4v) is 7.97. The first-order valence-corrected chi connectivity index (χ1v) is 21.4. The van der Waals surface area contributed by atoms with Gasteiger partial charge < -0.3 is 10.2 Å². The maximum atomic E-state index is 14.5. The normalized spacial score (nSPS) is 14.5. The fraction of sp³-hybridized carbons (Fsp3) is 0.392. The first-order valence-electron chi connectivity index (χ1n) is 21.4. The van der Waals surface area contributed by atoms with Crippen LogP contribution in [0.4, 0.5) is 0 Å². The van der Waals surface area contributed by atoms with Crippen molar-refractivity contribution in [3.05, 3.63) is 127 Å². The molecule has 0 saturated heterocycles. The number of rotatable bonds is 8. The van der Waals surface area contributed by atoms with Gasteiger partial charge in [0.05, 0.1) is 22.3 Å². The van der Waals surface area contributed by atoms with Crippen LogP contribution in [0.2, 0.25) is 0 Å². The smallest absolute Gasteiger partial charge is 0.280 e. The number of benzene rings is 4. The molecule has 13 heteroatoms. The van der Waals surface area contributed by atoms with Crippen molar-refractivity contribution in [1.29, 1.82) is 0 Å². The SMILES string of the molecule is CC(C)(C)c1cc(CCC(=O)NN2C(=O)c3ccc4cc3C(=O)N(NC(=O)CCc3cc(C(C)(C)C)c(O)c(C(C)(C)C)c3)C(=O)c3cc(ccc3C2=O)C4=O)cc(C(C)(C)C)c1O. The van der Waals surface area contributed by atoms with Gasteiger partial charge in [0, 0.05) is 24.0 Å². The lowest BCUT2D eigenvalue weighted by molar-refractivity contribution is -0.125. The van der Waals surface area contributed by atoms with E-state index in [1.165, 1.54) is 24.3 Å². The second-order valence-corrected chi connectivity index (χ2v) is 20.9. The predicted molar refractivity (Wildman–Crippen MR) is 241 cm³/mol. The third kappa shape index (κ3) is 9.20. The maximum absolute atomic E-state index is 14.5. The number of ketones is 1. The monoisotopic (exact) mass is 870 g/mol. The van der Waals surface area contributed by atoms with Gasteiger partial charge in [-0.05, 0) is 92.1 Å². The molecule has 2 aliphatic rings. The lowest BCUT2D eigenvalue weighted by Crippen LogP contribution is -2.54. The number of carbonyl (C=O) groups is 7. The van der Waals surface area contributed by atoms with Crippen molar-refractivity contribution in [2.45, 2.75) is 130 Å². The van der Waals surface area contributed by atoms with E-state index < -0.39 is 85.1 Å². The van der Waals surface area contributed by atoms with E-state index in [9.17, 15) is 43.8 Å². The minimum absolute atomic E-state index is 0.00324. The second-order valence-electron chi connectivity index (χ2n) is 20.9. The number of aryl methyl sites for hydroxylation is 2. The Labute approximate surface area is 374 Å². The Morgan fingerprint density at radius 3 is 1.02 bits per heavy atom. The first kappa shape index (κ1) is 46.9. The third-order valence-corrected chi connectivity index (χ3v) is 11.6. The molecule has 64 heavy (non-hydrogen) atoms. The van der Waals surface area contributed by atoms with Crippen LogP contribution in [0.3, 0.4) is 0 Å². The summed E-state index contributed by atoms with van der Waals surface area (Å²) < 4.78 is 0. The van der Waals surface area contributed by atoms with Gasteiger partial charge in [0.15, 0.2) is 5.78 Å². The van der Waals surface area contributed by atoms with Crippen LogP contribution in [-0.4, -0.2) is 61.5 Å². The molecule has 2 aliphatic heterocycles. The molecule has 6 rings (SSSR count). The summed E-state index contributed by atoms with van der Waals surface area (Å²) in [6.07, 6.45) is -0.0647. The molecule has 0 atom stereocenters. The Kier molecular flexibility index (Phi) is 12.1. The number of hydrogen-bond donors (Lipinski definition) is 4. The summed E-state index contributed by atoms with van der Waals surface area (Å²) in [5, 5.41) is 23.3. The molecule has 0 spiro atoms. The predicted octanol–water partition coefficient (Wildman–Crippen LogP) is 8.04. The van der Waals surface area contributed by atoms with Gasteiger partial charge >= 0.3 is 0 Å². The van der Waals surface area contributed by atoms with Gasteiger partial charge in [0.25, 0.3) is 23.6 Å². The van der Waals surface area contributed by atoms with Crippen LogP contribution in [0.15, 0.2) is 60.7 Å². The molecule has 4 N–H and O–H groups in total. The fourth-order valence-electron chi connectivity index (χ4n) is 7.97. The molecule has 0 aromatic heterocycles. The van der Waals surface area contributed by atoms with Crippen molar-refractivity contribution in [3.8, 4) is 11.5 Å². The van der Waals surface area contributed by atoms with Gasteiger partial charge in [0.2, 0.25) is 11.8 Å². The van der Waals surface area contributed by atoms with E-state index >= 15 is 0 Å².